The van der Waals surface area contributed by atoms with E-state index in [-0.39, 0.29) is 5.91 Å². The maximum atomic E-state index is 12.0. The number of nitrogens with zero attached hydrogens (tertiary/aromatic N) is 1. The average Bonchev–Trinajstić information content (AvgIpc) is 3.30. The monoisotopic (exact) mass is 289 g/mol. The van der Waals surface area contributed by atoms with Crippen LogP contribution in [0.4, 0.5) is 5.69 Å². The van der Waals surface area contributed by atoms with Crippen molar-refractivity contribution in [2.45, 2.75) is 33.2 Å². The zero-order chi connectivity index (χ0) is 15.1. The van der Waals surface area contributed by atoms with E-state index in [2.05, 4.69) is 35.4 Å². The van der Waals surface area contributed by atoms with E-state index >= 15 is 0 Å². The number of hydrogen-bond donors (Lipinski definition) is 2. The van der Waals surface area contributed by atoms with E-state index in [9.17, 15) is 4.79 Å². The molecule has 1 amide bonds. The van der Waals surface area contributed by atoms with Crippen LogP contribution in [0.15, 0.2) is 24.3 Å². The molecule has 0 aromatic heterocycles. The van der Waals surface area contributed by atoms with Crippen molar-refractivity contribution >= 4 is 11.6 Å². The zero-order valence-electron chi connectivity index (χ0n) is 13.2. The lowest BCUT2D eigenvalue weighted by Gasteiger charge is -2.20. The number of nitrogens with one attached hydrogen (secondary N) is 2. The lowest BCUT2D eigenvalue weighted by atomic mass is 10.1. The number of amides is 1. The first-order valence-electron chi connectivity index (χ1n) is 8.03. The molecule has 1 aromatic rings. The molecule has 0 heterocycles. The molecule has 0 aliphatic heterocycles. The van der Waals surface area contributed by atoms with Gasteiger partial charge in [0.1, 0.15) is 0 Å². The second kappa shape index (κ2) is 8.15. The van der Waals surface area contributed by atoms with Gasteiger partial charge in [0.05, 0.1) is 6.54 Å². The number of rotatable bonds is 9. The van der Waals surface area contributed by atoms with Crippen LogP contribution in [0.3, 0.4) is 0 Å². The average molecular weight is 289 g/mol. The van der Waals surface area contributed by atoms with Crippen molar-refractivity contribution in [2.75, 3.05) is 31.5 Å². The molecule has 0 spiro atoms. The Hall–Kier alpha value is -1.39. The third-order valence-corrected chi connectivity index (χ3v) is 4.00. The molecule has 2 rings (SSSR count). The molecule has 1 aliphatic rings. The predicted molar refractivity (Wildman–Crippen MR) is 87.3 cm³/mol. The Morgan fingerprint density at radius 1 is 1.24 bits per heavy atom. The highest BCUT2D eigenvalue weighted by Crippen LogP contribution is 2.27. The SMILES string of the molecule is CCN(CC)Cc1ccccc1NC(=O)CNCC1CC1. The summed E-state index contributed by atoms with van der Waals surface area (Å²) in [4.78, 5) is 14.3. The first-order valence-corrected chi connectivity index (χ1v) is 8.03. The van der Waals surface area contributed by atoms with Gasteiger partial charge in [-0.25, -0.2) is 0 Å². The molecular weight excluding hydrogens is 262 g/mol. The first kappa shape index (κ1) is 16.0. The second-order valence-corrected chi connectivity index (χ2v) is 5.74. The van der Waals surface area contributed by atoms with Gasteiger partial charge in [0.2, 0.25) is 5.91 Å². The topological polar surface area (TPSA) is 44.4 Å². The molecule has 1 aromatic carbocycles. The van der Waals surface area contributed by atoms with Crippen LogP contribution >= 0.6 is 0 Å². The quantitative estimate of drug-likeness (QED) is 0.734. The van der Waals surface area contributed by atoms with E-state index in [4.69, 9.17) is 0 Å². The minimum Gasteiger partial charge on any atom is -0.325 e. The van der Waals surface area contributed by atoms with E-state index in [1.54, 1.807) is 0 Å². The van der Waals surface area contributed by atoms with E-state index in [1.165, 1.54) is 18.4 Å². The first-order chi connectivity index (χ1) is 10.2. The molecule has 116 valence electrons. The number of benzene rings is 1. The fraction of sp³-hybridized carbons (Fsp3) is 0.588. The number of para-hydroxylation sites is 1. The predicted octanol–water partition coefficient (Wildman–Crippen LogP) is 2.47. The van der Waals surface area contributed by atoms with Gasteiger partial charge in [-0.1, -0.05) is 32.0 Å². The minimum atomic E-state index is 0.0441. The molecule has 1 aliphatic carbocycles. The maximum Gasteiger partial charge on any atom is 0.238 e. The zero-order valence-corrected chi connectivity index (χ0v) is 13.2. The van der Waals surface area contributed by atoms with Gasteiger partial charge in [-0.2, -0.15) is 0 Å². The molecule has 0 radical (unpaired) electrons. The molecule has 2 N–H and O–H groups in total. The standard InChI is InChI=1S/C17H27N3O/c1-3-20(4-2)13-15-7-5-6-8-16(15)19-17(21)12-18-11-14-9-10-14/h5-8,14,18H,3-4,9-13H2,1-2H3,(H,19,21). The Kier molecular flexibility index (Phi) is 6.21. The summed E-state index contributed by atoms with van der Waals surface area (Å²) in [5.74, 6) is 0.843. The van der Waals surface area contributed by atoms with Crippen LogP contribution in [-0.2, 0) is 11.3 Å². The van der Waals surface area contributed by atoms with Crippen molar-refractivity contribution in [1.82, 2.24) is 10.2 Å². The van der Waals surface area contributed by atoms with Crippen LogP contribution in [0.5, 0.6) is 0 Å². The Morgan fingerprint density at radius 2 is 1.95 bits per heavy atom. The summed E-state index contributed by atoms with van der Waals surface area (Å²) < 4.78 is 0. The van der Waals surface area contributed by atoms with Crippen molar-refractivity contribution in [3.63, 3.8) is 0 Å². The Morgan fingerprint density at radius 3 is 2.62 bits per heavy atom. The number of carbonyl (C=O) groups is 1. The van der Waals surface area contributed by atoms with Crippen molar-refractivity contribution in [3.8, 4) is 0 Å². The van der Waals surface area contributed by atoms with Crippen molar-refractivity contribution in [2.24, 2.45) is 5.92 Å². The van der Waals surface area contributed by atoms with Gasteiger partial charge in [-0.05, 0) is 50.0 Å². The van der Waals surface area contributed by atoms with Gasteiger partial charge in [0.25, 0.3) is 0 Å². The Labute approximate surface area is 127 Å². The fourth-order valence-electron chi connectivity index (χ4n) is 2.37. The second-order valence-electron chi connectivity index (χ2n) is 5.74. The lowest BCUT2D eigenvalue weighted by Crippen LogP contribution is -2.30. The van der Waals surface area contributed by atoms with Gasteiger partial charge in [0.15, 0.2) is 0 Å². The summed E-state index contributed by atoms with van der Waals surface area (Å²) in [5, 5.41) is 6.26. The molecule has 0 unspecified atom stereocenters. The van der Waals surface area contributed by atoms with Crippen LogP contribution in [-0.4, -0.2) is 37.0 Å². The van der Waals surface area contributed by atoms with Crippen LogP contribution in [0, 0.1) is 5.92 Å². The summed E-state index contributed by atoms with van der Waals surface area (Å²) in [6.45, 7) is 8.59. The van der Waals surface area contributed by atoms with Crippen molar-refractivity contribution < 1.29 is 4.79 Å². The maximum absolute atomic E-state index is 12.0. The smallest absolute Gasteiger partial charge is 0.238 e. The number of hydrogen-bond acceptors (Lipinski definition) is 3. The molecule has 4 heteroatoms. The van der Waals surface area contributed by atoms with E-state index in [0.29, 0.717) is 6.54 Å². The summed E-state index contributed by atoms with van der Waals surface area (Å²) in [6, 6.07) is 8.07. The highest BCUT2D eigenvalue weighted by molar-refractivity contribution is 5.92. The third-order valence-electron chi connectivity index (χ3n) is 4.00. The van der Waals surface area contributed by atoms with Crippen LogP contribution in [0.25, 0.3) is 0 Å². The van der Waals surface area contributed by atoms with Gasteiger partial charge in [0, 0.05) is 12.2 Å². The molecule has 0 bridgehead atoms. The molecular formula is C17H27N3O. The van der Waals surface area contributed by atoms with E-state index in [1.807, 2.05) is 18.2 Å². The van der Waals surface area contributed by atoms with Crippen molar-refractivity contribution in [1.29, 1.82) is 0 Å². The molecule has 4 nitrogen and oxygen atoms in total. The summed E-state index contributed by atoms with van der Waals surface area (Å²) in [7, 11) is 0. The Bertz CT molecular complexity index is 453. The summed E-state index contributed by atoms with van der Waals surface area (Å²) in [5.41, 5.74) is 2.11. The fourth-order valence-corrected chi connectivity index (χ4v) is 2.37. The number of carbonyl (C=O) groups excluding carboxylic acids is 1. The largest absolute Gasteiger partial charge is 0.325 e. The van der Waals surface area contributed by atoms with Crippen LogP contribution in [0.1, 0.15) is 32.3 Å². The highest BCUT2D eigenvalue weighted by Gasteiger charge is 2.20. The molecule has 0 saturated heterocycles. The Balaban J connectivity index is 1.87. The normalized spacial score (nSPS) is 14.4. The van der Waals surface area contributed by atoms with E-state index in [0.717, 1.165) is 37.8 Å². The minimum absolute atomic E-state index is 0.0441. The summed E-state index contributed by atoms with van der Waals surface area (Å²) >= 11 is 0. The van der Waals surface area contributed by atoms with Gasteiger partial charge >= 0.3 is 0 Å². The third kappa shape index (κ3) is 5.48. The van der Waals surface area contributed by atoms with Crippen molar-refractivity contribution in [3.05, 3.63) is 29.8 Å². The summed E-state index contributed by atoms with van der Waals surface area (Å²) in [6.07, 6.45) is 2.61. The lowest BCUT2D eigenvalue weighted by molar-refractivity contribution is -0.115. The highest BCUT2D eigenvalue weighted by atomic mass is 16.1. The molecule has 21 heavy (non-hydrogen) atoms. The molecule has 1 saturated carbocycles. The van der Waals surface area contributed by atoms with E-state index < -0.39 is 0 Å². The number of anilines is 1. The van der Waals surface area contributed by atoms with Crippen LogP contribution in [0.2, 0.25) is 0 Å². The van der Waals surface area contributed by atoms with Gasteiger partial charge in [-0.15, -0.1) is 0 Å². The van der Waals surface area contributed by atoms with Gasteiger partial charge < -0.3 is 10.6 Å². The molecule has 0 atom stereocenters. The molecule has 1 fully saturated rings. The van der Waals surface area contributed by atoms with Crippen LogP contribution < -0.4 is 10.6 Å². The van der Waals surface area contributed by atoms with Gasteiger partial charge in [-0.3, -0.25) is 9.69 Å².